The molecule has 1 aromatic carbocycles. The number of nitrogens with zero attached hydrogens (tertiary/aromatic N) is 1. The van der Waals surface area contributed by atoms with Gasteiger partial charge >= 0.3 is 6.03 Å². The van der Waals surface area contributed by atoms with Crippen molar-refractivity contribution in [1.82, 2.24) is 4.90 Å². The molecule has 0 heterocycles. The van der Waals surface area contributed by atoms with Crippen molar-refractivity contribution in [3.63, 3.8) is 0 Å². The van der Waals surface area contributed by atoms with Crippen molar-refractivity contribution in [3.8, 4) is 0 Å². The summed E-state index contributed by atoms with van der Waals surface area (Å²) in [5.41, 5.74) is 6.49. The lowest BCUT2D eigenvalue weighted by atomic mass is 9.91. The molecule has 0 aromatic heterocycles. The molecule has 1 aliphatic carbocycles. The van der Waals surface area contributed by atoms with Gasteiger partial charge < -0.3 is 16.0 Å². The molecule has 0 atom stereocenters. The molecule has 2 amide bonds. The number of carbonyl (C=O) groups excluding carboxylic acids is 1. The Morgan fingerprint density at radius 3 is 2.30 bits per heavy atom. The Hall–Kier alpha value is -0.970. The first kappa shape index (κ1) is 15.4. The smallest absolute Gasteiger partial charge is 0.321 e. The molecule has 1 aliphatic rings. The summed E-state index contributed by atoms with van der Waals surface area (Å²) in [5, 5.41) is 3.82. The van der Waals surface area contributed by atoms with Crippen LogP contribution in [0.4, 0.5) is 10.5 Å². The Labute approximate surface area is 129 Å². The quantitative estimate of drug-likeness (QED) is 0.873. The molecule has 0 radical (unpaired) electrons. The van der Waals surface area contributed by atoms with E-state index in [0.29, 0.717) is 15.7 Å². The molecule has 3 N–H and O–H groups in total. The van der Waals surface area contributed by atoms with Gasteiger partial charge in [-0.05, 0) is 43.9 Å². The zero-order chi connectivity index (χ0) is 14.7. The van der Waals surface area contributed by atoms with E-state index in [2.05, 4.69) is 5.32 Å². The molecular weight excluding hydrogens is 297 g/mol. The third-order valence-electron chi connectivity index (χ3n) is 3.72. The van der Waals surface area contributed by atoms with E-state index in [9.17, 15) is 4.79 Å². The Morgan fingerprint density at radius 1 is 1.20 bits per heavy atom. The fraction of sp³-hybridized carbons (Fsp3) is 0.500. The number of carbonyl (C=O) groups is 1. The van der Waals surface area contributed by atoms with Gasteiger partial charge in [-0.3, -0.25) is 0 Å². The van der Waals surface area contributed by atoms with Crippen molar-refractivity contribution < 1.29 is 4.79 Å². The van der Waals surface area contributed by atoms with Gasteiger partial charge in [0.1, 0.15) is 0 Å². The van der Waals surface area contributed by atoms with E-state index in [-0.39, 0.29) is 18.1 Å². The van der Waals surface area contributed by atoms with Crippen LogP contribution in [-0.4, -0.2) is 30.1 Å². The molecule has 0 aliphatic heterocycles. The maximum absolute atomic E-state index is 12.2. The lowest BCUT2D eigenvalue weighted by Crippen LogP contribution is -2.43. The minimum Gasteiger partial charge on any atom is -0.328 e. The van der Waals surface area contributed by atoms with Gasteiger partial charge in [-0.2, -0.15) is 0 Å². The van der Waals surface area contributed by atoms with Crippen LogP contribution in [-0.2, 0) is 0 Å². The first-order valence-electron chi connectivity index (χ1n) is 6.71. The van der Waals surface area contributed by atoms with Crippen LogP contribution in [0.3, 0.4) is 0 Å². The summed E-state index contributed by atoms with van der Waals surface area (Å²) in [4.78, 5) is 14.0. The number of nitrogens with two attached hydrogens (primary N) is 1. The Morgan fingerprint density at radius 2 is 1.75 bits per heavy atom. The highest BCUT2D eigenvalue weighted by atomic mass is 35.5. The van der Waals surface area contributed by atoms with Gasteiger partial charge in [-0.1, -0.05) is 23.2 Å². The first-order chi connectivity index (χ1) is 9.45. The van der Waals surface area contributed by atoms with Crippen LogP contribution in [0.25, 0.3) is 0 Å². The number of halogens is 2. The molecule has 0 spiro atoms. The predicted molar refractivity (Wildman–Crippen MR) is 83.5 cm³/mol. The van der Waals surface area contributed by atoms with Gasteiger partial charge in [0.25, 0.3) is 0 Å². The molecule has 4 nitrogen and oxygen atoms in total. The van der Waals surface area contributed by atoms with Crippen LogP contribution < -0.4 is 11.1 Å². The van der Waals surface area contributed by atoms with Gasteiger partial charge in [0.2, 0.25) is 0 Å². The van der Waals surface area contributed by atoms with Crippen LogP contribution >= 0.6 is 23.2 Å². The molecule has 1 fully saturated rings. The zero-order valence-corrected chi connectivity index (χ0v) is 12.9. The number of rotatable bonds is 2. The van der Waals surface area contributed by atoms with Gasteiger partial charge in [0.05, 0.1) is 0 Å². The highest BCUT2D eigenvalue weighted by Crippen LogP contribution is 2.24. The molecule has 0 unspecified atom stereocenters. The van der Waals surface area contributed by atoms with Crippen molar-refractivity contribution in [2.75, 3.05) is 12.4 Å². The maximum atomic E-state index is 12.2. The fourth-order valence-electron chi connectivity index (χ4n) is 2.49. The number of urea groups is 1. The number of benzene rings is 1. The number of hydrogen-bond donors (Lipinski definition) is 2. The molecule has 1 saturated carbocycles. The lowest BCUT2D eigenvalue weighted by Gasteiger charge is -2.33. The average Bonchev–Trinajstić information content (AvgIpc) is 2.37. The van der Waals surface area contributed by atoms with Gasteiger partial charge in [0.15, 0.2) is 0 Å². The van der Waals surface area contributed by atoms with Gasteiger partial charge in [-0.25, -0.2) is 4.79 Å². The lowest BCUT2D eigenvalue weighted by molar-refractivity contribution is 0.182. The first-order valence-corrected chi connectivity index (χ1v) is 7.47. The van der Waals surface area contributed by atoms with E-state index in [1.807, 2.05) is 7.05 Å². The summed E-state index contributed by atoms with van der Waals surface area (Å²) in [6.45, 7) is 0. The van der Waals surface area contributed by atoms with E-state index >= 15 is 0 Å². The second-order valence-electron chi connectivity index (χ2n) is 5.27. The number of nitrogens with one attached hydrogen (secondary N) is 1. The van der Waals surface area contributed by atoms with Crippen LogP contribution in [0.15, 0.2) is 18.2 Å². The van der Waals surface area contributed by atoms with Crippen LogP contribution in [0.2, 0.25) is 10.0 Å². The SMILES string of the molecule is CN(C(=O)Nc1cc(Cl)cc(Cl)c1)C1CCC(N)CC1. The Kier molecular flexibility index (Phi) is 5.13. The number of hydrogen-bond acceptors (Lipinski definition) is 2. The maximum Gasteiger partial charge on any atom is 0.321 e. The standard InChI is InChI=1S/C14H19Cl2N3O/c1-19(13-4-2-11(17)3-5-13)14(20)18-12-7-9(15)6-10(16)8-12/h6-8,11,13H,2-5,17H2,1H3,(H,18,20). The van der Waals surface area contributed by atoms with Crippen LogP contribution in [0, 0.1) is 0 Å². The second kappa shape index (κ2) is 6.66. The highest BCUT2D eigenvalue weighted by molar-refractivity contribution is 6.35. The summed E-state index contributed by atoms with van der Waals surface area (Å²) in [5.74, 6) is 0. The fourth-order valence-corrected chi connectivity index (χ4v) is 3.02. The predicted octanol–water partition coefficient (Wildman–Crippen LogP) is 3.73. The normalized spacial score (nSPS) is 22.4. The van der Waals surface area contributed by atoms with E-state index in [4.69, 9.17) is 28.9 Å². The molecule has 6 heteroatoms. The van der Waals surface area contributed by atoms with Crippen LogP contribution in [0.1, 0.15) is 25.7 Å². The molecule has 0 saturated heterocycles. The minimum atomic E-state index is -0.149. The topological polar surface area (TPSA) is 58.4 Å². The van der Waals surface area contributed by atoms with Crippen molar-refractivity contribution in [1.29, 1.82) is 0 Å². The van der Waals surface area contributed by atoms with Crippen molar-refractivity contribution >= 4 is 34.9 Å². The summed E-state index contributed by atoms with van der Waals surface area (Å²) in [6.07, 6.45) is 3.82. The summed E-state index contributed by atoms with van der Waals surface area (Å²) in [6, 6.07) is 5.35. The highest BCUT2D eigenvalue weighted by Gasteiger charge is 2.25. The summed E-state index contributed by atoms with van der Waals surface area (Å²) in [7, 11) is 1.81. The molecule has 110 valence electrons. The third kappa shape index (κ3) is 4.01. The summed E-state index contributed by atoms with van der Waals surface area (Å²) < 4.78 is 0. The monoisotopic (exact) mass is 315 g/mol. The Bertz CT molecular complexity index is 467. The molecular formula is C14H19Cl2N3O. The van der Waals surface area contributed by atoms with Crippen molar-refractivity contribution in [2.24, 2.45) is 5.73 Å². The Balaban J connectivity index is 1.97. The molecule has 0 bridgehead atoms. The molecule has 1 aromatic rings. The largest absolute Gasteiger partial charge is 0.328 e. The average molecular weight is 316 g/mol. The second-order valence-corrected chi connectivity index (χ2v) is 6.14. The molecule has 20 heavy (non-hydrogen) atoms. The van der Waals surface area contributed by atoms with Crippen molar-refractivity contribution in [2.45, 2.75) is 37.8 Å². The number of amides is 2. The zero-order valence-electron chi connectivity index (χ0n) is 11.4. The van der Waals surface area contributed by atoms with Crippen LogP contribution in [0.5, 0.6) is 0 Å². The van der Waals surface area contributed by atoms with E-state index in [0.717, 1.165) is 25.7 Å². The minimum absolute atomic E-state index is 0.149. The summed E-state index contributed by atoms with van der Waals surface area (Å²) >= 11 is 11.8. The van der Waals surface area contributed by atoms with E-state index in [1.165, 1.54) is 0 Å². The number of anilines is 1. The van der Waals surface area contributed by atoms with Crippen molar-refractivity contribution in [3.05, 3.63) is 28.2 Å². The van der Waals surface area contributed by atoms with Gasteiger partial charge in [0, 0.05) is 34.9 Å². The third-order valence-corrected chi connectivity index (χ3v) is 4.16. The van der Waals surface area contributed by atoms with E-state index in [1.54, 1.807) is 23.1 Å². The van der Waals surface area contributed by atoms with Gasteiger partial charge in [-0.15, -0.1) is 0 Å². The molecule has 2 rings (SSSR count). The van der Waals surface area contributed by atoms with E-state index < -0.39 is 0 Å².